The molecule has 1 aliphatic rings. The summed E-state index contributed by atoms with van der Waals surface area (Å²) < 4.78 is 24.4. The van der Waals surface area contributed by atoms with Crippen molar-refractivity contribution in [1.29, 1.82) is 0 Å². The van der Waals surface area contributed by atoms with Crippen LogP contribution in [-0.2, 0) is 19.6 Å². The minimum Gasteiger partial charge on any atom is -0.481 e. The second-order valence-electron chi connectivity index (χ2n) is 3.63. The zero-order chi connectivity index (χ0) is 12.3. The Bertz CT molecular complexity index is 391. The summed E-state index contributed by atoms with van der Waals surface area (Å²) in [5, 5.41) is 8.42. The van der Waals surface area contributed by atoms with Crippen LogP contribution in [0.25, 0.3) is 0 Å². The van der Waals surface area contributed by atoms with Crippen LogP contribution in [0.4, 0.5) is 0 Å². The van der Waals surface area contributed by atoms with Gasteiger partial charge in [-0.15, -0.1) is 0 Å². The molecule has 0 aromatic heterocycles. The first-order valence-corrected chi connectivity index (χ1v) is 6.46. The molecule has 0 aliphatic carbocycles. The fraction of sp³-hybridized carbons (Fsp3) is 0.750. The number of carboxylic acids is 1. The number of hydrogen-bond acceptors (Lipinski definition) is 4. The highest BCUT2D eigenvalue weighted by atomic mass is 32.2. The van der Waals surface area contributed by atoms with E-state index in [1.54, 1.807) is 0 Å². The summed E-state index contributed by atoms with van der Waals surface area (Å²) in [5.74, 6) is -2.36. The van der Waals surface area contributed by atoms with Gasteiger partial charge in [-0.3, -0.25) is 9.59 Å². The van der Waals surface area contributed by atoms with Gasteiger partial charge in [0.05, 0.1) is 12.2 Å². The quantitative estimate of drug-likeness (QED) is 0.631. The van der Waals surface area contributed by atoms with Gasteiger partial charge >= 0.3 is 5.97 Å². The molecular formula is C8H14N2O5S. The Hall–Kier alpha value is -1.15. The number of carbonyl (C=O) groups is 2. The molecule has 0 saturated carbocycles. The van der Waals surface area contributed by atoms with Crippen molar-refractivity contribution in [3.8, 4) is 0 Å². The largest absolute Gasteiger partial charge is 0.481 e. The van der Waals surface area contributed by atoms with Gasteiger partial charge in [0.15, 0.2) is 0 Å². The minimum absolute atomic E-state index is 0.232. The highest BCUT2D eigenvalue weighted by molar-refractivity contribution is 7.89. The second-order valence-corrected chi connectivity index (χ2v) is 5.67. The van der Waals surface area contributed by atoms with Crippen LogP contribution in [0.3, 0.4) is 0 Å². The van der Waals surface area contributed by atoms with Crippen LogP contribution in [0.1, 0.15) is 19.3 Å². The SMILES string of the molecule is NC(=O)C1CCCN1S(=O)(=O)CCC(=O)O. The highest BCUT2D eigenvalue weighted by Crippen LogP contribution is 2.21. The Kier molecular flexibility index (Phi) is 3.87. The van der Waals surface area contributed by atoms with Gasteiger partial charge in [-0.05, 0) is 12.8 Å². The van der Waals surface area contributed by atoms with Crippen molar-refractivity contribution in [2.75, 3.05) is 12.3 Å². The van der Waals surface area contributed by atoms with Crippen LogP contribution >= 0.6 is 0 Å². The molecule has 16 heavy (non-hydrogen) atoms. The summed E-state index contributed by atoms with van der Waals surface area (Å²) in [6.07, 6.45) is 0.506. The fourth-order valence-corrected chi connectivity index (χ4v) is 3.36. The van der Waals surface area contributed by atoms with Crippen molar-refractivity contribution >= 4 is 21.9 Å². The molecule has 0 spiro atoms. The Morgan fingerprint density at radius 3 is 2.56 bits per heavy atom. The van der Waals surface area contributed by atoms with Crippen molar-refractivity contribution < 1.29 is 23.1 Å². The number of amides is 1. The van der Waals surface area contributed by atoms with Crippen LogP contribution in [0.5, 0.6) is 0 Å². The number of hydrogen-bond donors (Lipinski definition) is 2. The Labute approximate surface area is 93.3 Å². The smallest absolute Gasteiger partial charge is 0.304 e. The van der Waals surface area contributed by atoms with E-state index in [9.17, 15) is 18.0 Å². The lowest BCUT2D eigenvalue weighted by molar-refractivity contribution is -0.136. The summed E-state index contributed by atoms with van der Waals surface area (Å²) in [5.41, 5.74) is 5.08. The standard InChI is InChI=1S/C8H14N2O5S/c9-8(13)6-2-1-4-10(6)16(14,15)5-3-7(11)12/h6H,1-5H2,(H2,9,13)(H,11,12). The molecule has 3 N–H and O–H groups in total. The molecule has 1 heterocycles. The lowest BCUT2D eigenvalue weighted by Crippen LogP contribution is -2.44. The average molecular weight is 250 g/mol. The lowest BCUT2D eigenvalue weighted by Gasteiger charge is -2.20. The summed E-state index contributed by atoms with van der Waals surface area (Å²) in [6, 6.07) is -0.821. The molecule has 1 saturated heterocycles. The molecule has 1 rings (SSSR count). The summed E-state index contributed by atoms with van der Waals surface area (Å²) >= 11 is 0. The predicted molar refractivity (Wildman–Crippen MR) is 55.0 cm³/mol. The third-order valence-corrected chi connectivity index (χ3v) is 4.33. The number of aliphatic carboxylic acids is 1. The molecule has 8 heteroatoms. The number of sulfonamides is 1. The van der Waals surface area contributed by atoms with E-state index in [1.807, 2.05) is 0 Å². The van der Waals surface area contributed by atoms with Crippen molar-refractivity contribution in [3.63, 3.8) is 0 Å². The van der Waals surface area contributed by atoms with E-state index in [0.29, 0.717) is 12.8 Å². The predicted octanol–water partition coefficient (Wildman–Crippen LogP) is -1.26. The number of rotatable bonds is 5. The van der Waals surface area contributed by atoms with Gasteiger partial charge in [-0.25, -0.2) is 8.42 Å². The molecule has 1 unspecified atom stereocenters. The number of nitrogens with zero attached hydrogens (tertiary/aromatic N) is 1. The Balaban J connectivity index is 2.75. The van der Waals surface area contributed by atoms with Crippen LogP contribution in [0.15, 0.2) is 0 Å². The van der Waals surface area contributed by atoms with Crippen LogP contribution in [0, 0.1) is 0 Å². The normalized spacial score (nSPS) is 22.1. The van der Waals surface area contributed by atoms with Crippen molar-refractivity contribution in [2.24, 2.45) is 5.73 Å². The van der Waals surface area contributed by atoms with E-state index in [1.165, 1.54) is 0 Å². The number of nitrogens with two attached hydrogens (primary N) is 1. The third-order valence-electron chi connectivity index (χ3n) is 2.46. The minimum atomic E-state index is -3.70. The molecule has 0 aromatic rings. The van der Waals surface area contributed by atoms with E-state index in [4.69, 9.17) is 10.8 Å². The van der Waals surface area contributed by atoms with Gasteiger partial charge < -0.3 is 10.8 Å². The van der Waals surface area contributed by atoms with Gasteiger partial charge in [0.1, 0.15) is 6.04 Å². The van der Waals surface area contributed by atoms with E-state index < -0.39 is 40.1 Å². The number of primary amides is 1. The van der Waals surface area contributed by atoms with Gasteiger partial charge in [0, 0.05) is 6.54 Å². The Morgan fingerprint density at radius 2 is 2.06 bits per heavy atom. The molecule has 1 atom stereocenters. The van der Waals surface area contributed by atoms with Crippen LogP contribution < -0.4 is 5.73 Å². The van der Waals surface area contributed by atoms with Gasteiger partial charge in [-0.2, -0.15) is 4.31 Å². The maximum absolute atomic E-state index is 11.7. The van der Waals surface area contributed by atoms with E-state index in [-0.39, 0.29) is 6.54 Å². The lowest BCUT2D eigenvalue weighted by atomic mass is 10.2. The second kappa shape index (κ2) is 4.79. The molecule has 7 nitrogen and oxygen atoms in total. The topological polar surface area (TPSA) is 118 Å². The third kappa shape index (κ3) is 2.92. The van der Waals surface area contributed by atoms with Crippen LogP contribution in [-0.4, -0.2) is 48.0 Å². The molecule has 0 aromatic carbocycles. The van der Waals surface area contributed by atoms with Gasteiger partial charge in [-0.1, -0.05) is 0 Å². The van der Waals surface area contributed by atoms with E-state index in [2.05, 4.69) is 0 Å². The van der Waals surface area contributed by atoms with Crippen LogP contribution in [0.2, 0.25) is 0 Å². The maximum atomic E-state index is 11.7. The van der Waals surface area contributed by atoms with Gasteiger partial charge in [0.25, 0.3) is 0 Å². The number of carboxylic acid groups (broad SMARTS) is 1. The fourth-order valence-electron chi connectivity index (χ4n) is 1.69. The monoisotopic (exact) mass is 250 g/mol. The molecule has 1 fully saturated rings. The first-order chi connectivity index (χ1) is 7.34. The molecule has 0 bridgehead atoms. The summed E-state index contributed by atoms with van der Waals surface area (Å²) in [6.45, 7) is 0.232. The molecule has 92 valence electrons. The first kappa shape index (κ1) is 12.9. The summed E-state index contributed by atoms with van der Waals surface area (Å²) in [4.78, 5) is 21.3. The zero-order valence-electron chi connectivity index (χ0n) is 8.63. The zero-order valence-corrected chi connectivity index (χ0v) is 9.44. The molecule has 0 radical (unpaired) electrons. The molecule has 1 amide bonds. The van der Waals surface area contributed by atoms with Crippen molar-refractivity contribution in [1.82, 2.24) is 4.31 Å². The molecule has 1 aliphatic heterocycles. The van der Waals surface area contributed by atoms with Gasteiger partial charge in [0.2, 0.25) is 15.9 Å². The first-order valence-electron chi connectivity index (χ1n) is 4.85. The van der Waals surface area contributed by atoms with Crippen molar-refractivity contribution in [3.05, 3.63) is 0 Å². The van der Waals surface area contributed by atoms with E-state index >= 15 is 0 Å². The highest BCUT2D eigenvalue weighted by Gasteiger charge is 2.37. The average Bonchev–Trinajstić information content (AvgIpc) is 2.63. The maximum Gasteiger partial charge on any atom is 0.304 e. The Morgan fingerprint density at radius 1 is 1.44 bits per heavy atom. The number of carbonyl (C=O) groups excluding carboxylic acids is 1. The summed E-state index contributed by atoms with van der Waals surface area (Å²) in [7, 11) is -3.70. The van der Waals surface area contributed by atoms with E-state index in [0.717, 1.165) is 4.31 Å². The van der Waals surface area contributed by atoms with Crippen molar-refractivity contribution in [2.45, 2.75) is 25.3 Å². The molecular weight excluding hydrogens is 236 g/mol.